The van der Waals surface area contributed by atoms with E-state index in [1.54, 1.807) is 18.2 Å². The number of thioether (sulfide) groups is 1. The Bertz CT molecular complexity index is 2130. The molecule has 1 aromatic heterocycles. The number of aliphatic carboxylic acids is 1. The zero-order valence-corrected chi connectivity index (χ0v) is 47.7. The first-order valence-corrected chi connectivity index (χ1v) is 31.0. The summed E-state index contributed by atoms with van der Waals surface area (Å²) in [6.45, 7) is 3.94. The number of unbranched alkanes of at least 4 members (excludes halogenated alkanes) is 12. The Morgan fingerprint density at radius 2 is 1.51 bits per heavy atom. The van der Waals surface area contributed by atoms with Crippen LogP contribution in [0.2, 0.25) is 0 Å². The van der Waals surface area contributed by atoms with E-state index in [9.17, 15) is 53.4 Å². The summed E-state index contributed by atoms with van der Waals surface area (Å²) in [6, 6.07) is -0.160. The average Bonchev–Trinajstić information content (AvgIpc) is 3.66. The van der Waals surface area contributed by atoms with Crippen molar-refractivity contribution >= 4 is 51.1 Å². The molecular weight excluding hydrogens is 1060 g/mol. The predicted molar refractivity (Wildman–Crippen MR) is 294 cm³/mol. The molecule has 0 radical (unpaired) electrons. The molecule has 22 nitrogen and oxygen atoms in total. The maximum absolute atomic E-state index is 13.4. The minimum Gasteiger partial charge on any atom is -0.481 e. The maximum Gasteiger partial charge on any atom is 0.481 e. The molecule has 0 aliphatic carbocycles. The van der Waals surface area contributed by atoms with Crippen LogP contribution in [-0.4, -0.2) is 125 Å². The van der Waals surface area contributed by atoms with Gasteiger partial charge < -0.3 is 55.9 Å². The van der Waals surface area contributed by atoms with Crippen LogP contribution >= 0.6 is 27.4 Å². The van der Waals surface area contributed by atoms with Gasteiger partial charge in [-0.15, -0.1) is 11.8 Å². The Morgan fingerprint density at radius 3 is 2.17 bits per heavy atom. The van der Waals surface area contributed by atoms with Gasteiger partial charge in [-0.1, -0.05) is 153 Å². The van der Waals surface area contributed by atoms with Crippen LogP contribution in [0, 0.1) is 5.92 Å². The Hall–Kier alpha value is -3.54. The monoisotopic (exact) mass is 1150 g/mol. The number of nitrogens with two attached hydrogens (primary N) is 2. The Morgan fingerprint density at radius 1 is 0.844 bits per heavy atom. The molecule has 0 saturated carbocycles. The van der Waals surface area contributed by atoms with Crippen LogP contribution in [0.5, 0.6) is 0 Å². The number of carboxylic acids is 1. The molecule has 2 heterocycles. The van der Waals surface area contributed by atoms with Gasteiger partial charge in [0.2, 0.25) is 0 Å². The van der Waals surface area contributed by atoms with Crippen molar-refractivity contribution < 1.29 is 81.3 Å². The molecule has 0 spiro atoms. The van der Waals surface area contributed by atoms with Gasteiger partial charge in [-0.3, -0.25) is 28.0 Å². The highest BCUT2D eigenvalue weighted by Crippen LogP contribution is 2.60. The molecule has 1 fully saturated rings. The van der Waals surface area contributed by atoms with Crippen LogP contribution in [0.3, 0.4) is 0 Å². The van der Waals surface area contributed by atoms with E-state index in [0.717, 1.165) is 86.2 Å². The van der Waals surface area contributed by atoms with Gasteiger partial charge in [0.15, 0.2) is 12.3 Å². The first-order chi connectivity index (χ1) is 36.7. The third-order valence-corrected chi connectivity index (χ3v) is 16.5. The first kappa shape index (κ1) is 69.6. The number of hydrogen-bond acceptors (Lipinski definition) is 19. The lowest BCUT2D eigenvalue weighted by Gasteiger charge is -2.23. The number of nitrogen functional groups attached to an aromatic ring is 1. The third kappa shape index (κ3) is 31.7. The number of allylic oxidation sites excluding steroid dienone is 7. The van der Waals surface area contributed by atoms with Gasteiger partial charge in [-0.05, 0) is 50.5 Å². The second-order valence-corrected chi connectivity index (χ2v) is 23.4. The number of nitrogens with zero attached hydrogens (tertiary/aromatic N) is 2. The number of carboxylic acid groups (broad SMARTS) is 1. The predicted octanol–water partition coefficient (Wildman–Crippen LogP) is 8.12. The fraction of sp³-hybridized carbons (Fsp3) is 0.712. The molecule has 0 bridgehead atoms. The fourth-order valence-corrected chi connectivity index (χ4v) is 10.9. The van der Waals surface area contributed by atoms with Crippen molar-refractivity contribution in [2.24, 2.45) is 11.7 Å². The van der Waals surface area contributed by atoms with Crippen molar-refractivity contribution in [1.82, 2.24) is 9.55 Å². The molecule has 1 aromatic rings. The zero-order chi connectivity index (χ0) is 57.1. The number of aliphatic hydroxyl groups excluding tert-OH is 3. The van der Waals surface area contributed by atoms with Crippen LogP contribution in [0.1, 0.15) is 162 Å². The summed E-state index contributed by atoms with van der Waals surface area (Å²) in [7, 11) is -11.1. The maximum atomic E-state index is 13.4. The lowest BCUT2D eigenvalue weighted by atomic mass is 9.99. The number of rotatable bonds is 44. The van der Waals surface area contributed by atoms with Crippen LogP contribution in [-0.2, 0) is 51.1 Å². The summed E-state index contributed by atoms with van der Waals surface area (Å²) in [6.07, 6.45) is 25.4. The molecule has 1 aliphatic rings. The second kappa shape index (κ2) is 39.8. The summed E-state index contributed by atoms with van der Waals surface area (Å²) < 4.78 is 57.1. The lowest BCUT2D eigenvalue weighted by Crippen LogP contribution is -2.40. The van der Waals surface area contributed by atoms with E-state index < -0.39 is 107 Å². The number of aromatic nitrogens is 2. The molecule has 1 saturated heterocycles. The Labute approximate surface area is 458 Å². The van der Waals surface area contributed by atoms with Gasteiger partial charge >= 0.3 is 39.2 Å². The minimum absolute atomic E-state index is 0.0248. The number of esters is 2. The van der Waals surface area contributed by atoms with E-state index in [1.807, 2.05) is 18.2 Å². The number of anilines is 1. The molecule has 2 rings (SSSR count). The topological polar surface area (TPSA) is 349 Å². The van der Waals surface area contributed by atoms with E-state index in [0.29, 0.717) is 6.42 Å². The van der Waals surface area contributed by atoms with Crippen molar-refractivity contribution in [1.29, 1.82) is 0 Å². The Balaban J connectivity index is 2.07. The van der Waals surface area contributed by atoms with Crippen molar-refractivity contribution in [2.45, 2.75) is 204 Å². The van der Waals surface area contributed by atoms with Crippen LogP contribution in [0.4, 0.5) is 5.82 Å². The molecule has 0 amide bonds. The highest BCUT2D eigenvalue weighted by molar-refractivity contribution is 8.00. The summed E-state index contributed by atoms with van der Waals surface area (Å²) in [5.74, 6) is -2.24. The van der Waals surface area contributed by atoms with E-state index in [2.05, 4.69) is 42.2 Å². The molecule has 10 N–H and O–H groups in total. The van der Waals surface area contributed by atoms with E-state index >= 15 is 0 Å². The van der Waals surface area contributed by atoms with E-state index in [1.165, 1.54) is 51.0 Å². The van der Waals surface area contributed by atoms with E-state index in [-0.39, 0.29) is 37.3 Å². The largest absolute Gasteiger partial charge is 0.481 e. The van der Waals surface area contributed by atoms with Crippen molar-refractivity contribution in [3.8, 4) is 0 Å². The first-order valence-electron chi connectivity index (χ1n) is 27.0. The van der Waals surface area contributed by atoms with Gasteiger partial charge in [-0.2, -0.15) is 9.29 Å². The normalized spacial score (nSPS) is 20.6. The highest BCUT2D eigenvalue weighted by Gasteiger charge is 2.46. The summed E-state index contributed by atoms with van der Waals surface area (Å²) >= 11 is 1.09. The van der Waals surface area contributed by atoms with Gasteiger partial charge in [-0.25, -0.2) is 13.9 Å². The molecule has 25 heteroatoms. The summed E-state index contributed by atoms with van der Waals surface area (Å²) in [5.41, 5.74) is 10.8. The number of aliphatic hydroxyl groups is 3. The zero-order valence-electron chi connectivity index (χ0n) is 45.1. The lowest BCUT2D eigenvalue weighted by molar-refractivity contribution is -0.161. The van der Waals surface area contributed by atoms with Gasteiger partial charge in [0, 0.05) is 30.0 Å². The molecule has 0 aromatic carbocycles. The molecule has 1 aliphatic heterocycles. The summed E-state index contributed by atoms with van der Waals surface area (Å²) in [4.78, 5) is 74.0. The SMILES string of the molecule is CCCCC/C=C\C\C=C/C=C/C=C/[C@@H](SC[C@H](N)C(=O)O[C@H](COC(=O)CCCCCCCCCCCCC(C)CC)COP(=O)(O)OP(=O)(O)OC[C@H]1O[C@@H](n2ccc(N)nc2=O)[C@H](O)[C@@H]1O)[C@@H](O)CCCC(=O)O. The van der Waals surface area contributed by atoms with Crippen molar-refractivity contribution in [2.75, 3.05) is 31.3 Å². The van der Waals surface area contributed by atoms with Crippen LogP contribution in [0.25, 0.3) is 0 Å². The summed E-state index contributed by atoms with van der Waals surface area (Å²) in [5, 5.41) is 40.5. The van der Waals surface area contributed by atoms with Crippen molar-refractivity contribution in [3.05, 3.63) is 71.4 Å². The van der Waals surface area contributed by atoms with E-state index in [4.69, 9.17) is 39.8 Å². The number of carbonyl (C=O) groups excluding carboxylic acids is 2. The minimum atomic E-state index is -5.58. The molecule has 3 unspecified atom stereocenters. The fourth-order valence-electron chi connectivity index (χ4n) is 7.71. The molecule has 77 heavy (non-hydrogen) atoms. The quantitative estimate of drug-likeness (QED) is 0.0100. The number of phosphoric acid groups is 2. The molecule has 11 atom stereocenters. The third-order valence-electron chi connectivity index (χ3n) is 12.5. The Kier molecular flexibility index (Phi) is 35.9. The smallest absolute Gasteiger partial charge is 0.481 e. The van der Waals surface area contributed by atoms with Gasteiger partial charge in [0.1, 0.15) is 36.8 Å². The average molecular weight is 1150 g/mol. The second-order valence-electron chi connectivity index (χ2n) is 19.2. The van der Waals surface area contributed by atoms with Gasteiger partial charge in [0.25, 0.3) is 0 Å². The van der Waals surface area contributed by atoms with Crippen molar-refractivity contribution in [3.63, 3.8) is 0 Å². The van der Waals surface area contributed by atoms with Crippen LogP contribution < -0.4 is 17.2 Å². The number of carbonyl (C=O) groups is 3. The standard InChI is InChI=1S/C52H88N4O18P2S/c1-4-6-7-8-9-10-11-12-16-19-22-25-30-44(42(57)29-27-31-46(58)59)77-38-41(53)51(63)72-40(35-69-47(60)32-26-23-20-17-14-13-15-18-21-24-28-39(3)5-2)36-70-75(65,66)74-76(67,68)71-37-43-48(61)49(62)50(73-43)56-34-33-45(54)55-52(56)64/h9-10,12,16,19,22,25,30,33-34,39-44,48-50,57,61-62H,4-8,11,13-15,17-18,20-21,23-24,26-29,31-32,35-38,53H2,1-3H3,(H,58,59)(H,65,66)(H,67,68)(H2,54,55,64)/b10-9-,16-12-,22-19+,30-25+/t39?,40-,41+,42+,43-,44-,48-,49-,50-/m1/s1. The molecular formula is C52H88N4O18P2S. The number of hydrogen-bond donors (Lipinski definition) is 8. The van der Waals surface area contributed by atoms with Crippen LogP contribution in [0.15, 0.2) is 65.7 Å². The molecule has 440 valence electrons. The number of ether oxygens (including phenoxy) is 3. The van der Waals surface area contributed by atoms with Gasteiger partial charge in [0.05, 0.1) is 19.3 Å². The number of phosphoric ester groups is 2. The highest BCUT2D eigenvalue weighted by atomic mass is 32.2.